The van der Waals surface area contributed by atoms with Gasteiger partial charge in [-0.05, 0) is 13.3 Å². The molecule has 3 heteroatoms. The van der Waals surface area contributed by atoms with Crippen molar-refractivity contribution in [1.29, 1.82) is 0 Å². The van der Waals surface area contributed by atoms with Crippen LogP contribution in [0.4, 0.5) is 0 Å². The van der Waals surface area contributed by atoms with Gasteiger partial charge in [-0.3, -0.25) is 4.79 Å². The molecule has 0 aromatic carbocycles. The highest BCUT2D eigenvalue weighted by Gasteiger charge is 2.64. The molecule has 1 aliphatic heterocycles. The van der Waals surface area contributed by atoms with Crippen LogP contribution in [0.2, 0.25) is 0 Å². The molecule has 1 aliphatic carbocycles. The Morgan fingerprint density at radius 3 is 3.09 bits per heavy atom. The molecule has 0 aromatic rings. The minimum atomic E-state index is -0.212. The molecule has 2 fully saturated rings. The summed E-state index contributed by atoms with van der Waals surface area (Å²) in [5.41, 5.74) is -0.212. The molecule has 1 saturated heterocycles. The van der Waals surface area contributed by atoms with Crippen LogP contribution in [-0.4, -0.2) is 25.8 Å². The Bertz CT molecular complexity index is 190. The quantitative estimate of drug-likeness (QED) is 0.549. The van der Waals surface area contributed by atoms with Gasteiger partial charge in [0.25, 0.3) is 0 Å². The molecule has 2 atom stereocenters. The highest BCUT2D eigenvalue weighted by Crippen LogP contribution is 2.57. The van der Waals surface area contributed by atoms with Gasteiger partial charge >= 0.3 is 5.97 Å². The first-order valence-electron chi connectivity index (χ1n) is 4.04. The Hall–Kier alpha value is -0.570. The molecule has 3 nitrogen and oxygen atoms in total. The smallest absolute Gasteiger partial charge is 0.314 e. The van der Waals surface area contributed by atoms with Crippen molar-refractivity contribution >= 4 is 5.97 Å². The van der Waals surface area contributed by atoms with Crippen LogP contribution in [0.5, 0.6) is 0 Å². The van der Waals surface area contributed by atoms with Crippen LogP contribution < -0.4 is 0 Å². The van der Waals surface area contributed by atoms with Crippen molar-refractivity contribution in [2.24, 2.45) is 11.3 Å². The monoisotopic (exact) mass is 156 g/mol. The second-order valence-corrected chi connectivity index (χ2v) is 3.29. The largest absolute Gasteiger partial charge is 0.465 e. The third-order valence-corrected chi connectivity index (χ3v) is 2.59. The molecular formula is C8H12O3. The lowest BCUT2D eigenvalue weighted by Gasteiger charge is -2.08. The Morgan fingerprint density at radius 1 is 1.82 bits per heavy atom. The predicted molar refractivity (Wildman–Crippen MR) is 38.0 cm³/mol. The van der Waals surface area contributed by atoms with Gasteiger partial charge in [0.1, 0.15) is 0 Å². The van der Waals surface area contributed by atoms with E-state index in [0.29, 0.717) is 19.1 Å². The molecule has 2 aliphatic rings. The van der Waals surface area contributed by atoms with E-state index >= 15 is 0 Å². The average Bonchev–Trinajstić information content (AvgIpc) is 2.57. The van der Waals surface area contributed by atoms with Crippen molar-refractivity contribution < 1.29 is 14.3 Å². The number of carbonyl (C=O) groups excluding carboxylic acids is 1. The minimum absolute atomic E-state index is 0.0532. The molecular weight excluding hydrogens is 144 g/mol. The highest BCUT2D eigenvalue weighted by molar-refractivity contribution is 5.81. The SMILES string of the molecule is CCOC(=O)[C@]12COC[C@H]1C2. The lowest BCUT2D eigenvalue weighted by Crippen LogP contribution is -2.22. The van der Waals surface area contributed by atoms with Crippen LogP contribution in [0.1, 0.15) is 13.3 Å². The van der Waals surface area contributed by atoms with Crippen molar-refractivity contribution in [3.05, 3.63) is 0 Å². The molecule has 0 aromatic heterocycles. The summed E-state index contributed by atoms with van der Waals surface area (Å²) in [6.07, 6.45) is 0.978. The maximum Gasteiger partial charge on any atom is 0.314 e. The number of carbonyl (C=O) groups is 1. The lowest BCUT2D eigenvalue weighted by molar-refractivity contribution is -0.150. The van der Waals surface area contributed by atoms with Gasteiger partial charge in [0, 0.05) is 5.92 Å². The van der Waals surface area contributed by atoms with E-state index < -0.39 is 0 Å². The third-order valence-electron chi connectivity index (χ3n) is 2.59. The van der Waals surface area contributed by atoms with Crippen LogP contribution in [0.3, 0.4) is 0 Å². The lowest BCUT2D eigenvalue weighted by atomic mass is 10.1. The molecule has 2 rings (SSSR count). The maximum absolute atomic E-state index is 11.3. The van der Waals surface area contributed by atoms with E-state index in [1.165, 1.54) is 0 Å². The molecule has 1 heterocycles. The standard InChI is InChI=1S/C8H12O3/c1-2-11-7(9)8-3-6(8)4-10-5-8/h6H,2-5H2,1H3/t6-,8-/m1/s1. The summed E-state index contributed by atoms with van der Waals surface area (Å²) in [5.74, 6) is 0.407. The fraction of sp³-hybridized carbons (Fsp3) is 0.875. The summed E-state index contributed by atoms with van der Waals surface area (Å²) in [6, 6.07) is 0. The van der Waals surface area contributed by atoms with Gasteiger partial charge in [-0.25, -0.2) is 0 Å². The summed E-state index contributed by atoms with van der Waals surface area (Å²) in [7, 11) is 0. The number of hydrogen-bond donors (Lipinski definition) is 0. The first-order chi connectivity index (χ1) is 5.29. The normalized spacial score (nSPS) is 39.9. The molecule has 0 unspecified atom stereocenters. The molecule has 62 valence electrons. The maximum atomic E-state index is 11.3. The molecule has 0 N–H and O–H groups in total. The van der Waals surface area contributed by atoms with E-state index in [-0.39, 0.29) is 11.4 Å². The molecule has 0 amide bonds. The molecule has 11 heavy (non-hydrogen) atoms. The van der Waals surface area contributed by atoms with Gasteiger partial charge in [-0.1, -0.05) is 0 Å². The van der Waals surface area contributed by atoms with Crippen molar-refractivity contribution in [3.63, 3.8) is 0 Å². The van der Waals surface area contributed by atoms with Crippen LogP contribution in [0.15, 0.2) is 0 Å². The van der Waals surface area contributed by atoms with Gasteiger partial charge < -0.3 is 9.47 Å². The van der Waals surface area contributed by atoms with Crippen molar-refractivity contribution in [2.75, 3.05) is 19.8 Å². The van der Waals surface area contributed by atoms with Crippen LogP contribution >= 0.6 is 0 Å². The Labute approximate surface area is 65.7 Å². The zero-order chi connectivity index (χ0) is 7.90. The number of rotatable bonds is 2. The van der Waals surface area contributed by atoms with E-state index in [9.17, 15) is 4.79 Å². The topological polar surface area (TPSA) is 35.5 Å². The molecule has 0 radical (unpaired) electrons. The van der Waals surface area contributed by atoms with Crippen LogP contribution in [0.25, 0.3) is 0 Å². The fourth-order valence-electron chi connectivity index (χ4n) is 1.74. The first kappa shape index (κ1) is 7.10. The van der Waals surface area contributed by atoms with Gasteiger partial charge in [-0.2, -0.15) is 0 Å². The molecule has 0 bridgehead atoms. The van der Waals surface area contributed by atoms with Crippen molar-refractivity contribution in [2.45, 2.75) is 13.3 Å². The van der Waals surface area contributed by atoms with E-state index in [0.717, 1.165) is 13.0 Å². The third kappa shape index (κ3) is 0.872. The second-order valence-electron chi connectivity index (χ2n) is 3.29. The van der Waals surface area contributed by atoms with Gasteiger partial charge in [-0.15, -0.1) is 0 Å². The summed E-state index contributed by atoms with van der Waals surface area (Å²) in [5, 5.41) is 0. The minimum Gasteiger partial charge on any atom is -0.465 e. The number of esters is 1. The van der Waals surface area contributed by atoms with Crippen LogP contribution in [0, 0.1) is 11.3 Å². The van der Waals surface area contributed by atoms with Gasteiger partial charge in [0.15, 0.2) is 0 Å². The first-order valence-corrected chi connectivity index (χ1v) is 4.04. The van der Waals surface area contributed by atoms with E-state index in [1.807, 2.05) is 6.92 Å². The number of fused-ring (bicyclic) bond motifs is 1. The van der Waals surface area contributed by atoms with Crippen molar-refractivity contribution in [3.8, 4) is 0 Å². The second kappa shape index (κ2) is 2.21. The highest BCUT2D eigenvalue weighted by atomic mass is 16.5. The Kier molecular flexibility index (Phi) is 1.42. The average molecular weight is 156 g/mol. The van der Waals surface area contributed by atoms with Crippen molar-refractivity contribution in [1.82, 2.24) is 0 Å². The Balaban J connectivity index is 1.99. The summed E-state index contributed by atoms with van der Waals surface area (Å²) >= 11 is 0. The fourth-order valence-corrected chi connectivity index (χ4v) is 1.74. The van der Waals surface area contributed by atoms with Crippen LogP contribution in [-0.2, 0) is 14.3 Å². The summed E-state index contributed by atoms with van der Waals surface area (Å²) < 4.78 is 10.1. The predicted octanol–water partition coefficient (Wildman–Crippen LogP) is 0.586. The molecule has 0 spiro atoms. The van der Waals surface area contributed by atoms with Gasteiger partial charge in [0.2, 0.25) is 0 Å². The zero-order valence-electron chi connectivity index (χ0n) is 6.63. The summed E-state index contributed by atoms with van der Waals surface area (Å²) in [4.78, 5) is 11.3. The van der Waals surface area contributed by atoms with E-state index in [2.05, 4.69) is 0 Å². The molecule has 1 saturated carbocycles. The number of ether oxygens (including phenoxy) is 2. The van der Waals surface area contributed by atoms with E-state index in [1.54, 1.807) is 0 Å². The Morgan fingerprint density at radius 2 is 2.64 bits per heavy atom. The zero-order valence-corrected chi connectivity index (χ0v) is 6.63. The summed E-state index contributed by atoms with van der Waals surface area (Å²) in [6.45, 7) is 3.64. The van der Waals surface area contributed by atoms with E-state index in [4.69, 9.17) is 9.47 Å². The van der Waals surface area contributed by atoms with Gasteiger partial charge in [0.05, 0.1) is 25.2 Å². The number of hydrogen-bond acceptors (Lipinski definition) is 3.